The summed E-state index contributed by atoms with van der Waals surface area (Å²) >= 11 is 0. The van der Waals surface area contributed by atoms with Gasteiger partial charge in [0.05, 0.1) is 34.5 Å². The first-order valence-corrected chi connectivity index (χ1v) is 13.7. The number of benzene rings is 1. The number of hydrogen-bond donors (Lipinski definition) is 0. The topological polar surface area (TPSA) is 115 Å². The Morgan fingerprint density at radius 1 is 1.31 bits per heavy atom. The third kappa shape index (κ3) is 4.48. The van der Waals surface area contributed by atoms with E-state index in [0.717, 1.165) is 0 Å². The van der Waals surface area contributed by atoms with Crippen LogP contribution >= 0.6 is 0 Å². The summed E-state index contributed by atoms with van der Waals surface area (Å²) in [6.07, 6.45) is 1.40. The zero-order chi connectivity index (χ0) is 25.9. The summed E-state index contributed by atoms with van der Waals surface area (Å²) in [5.41, 5.74) is 1.91. The molecule has 1 aliphatic carbocycles. The van der Waals surface area contributed by atoms with Gasteiger partial charge in [-0.3, -0.25) is 14.5 Å². The summed E-state index contributed by atoms with van der Waals surface area (Å²) in [5, 5.41) is 14.3. The highest BCUT2D eigenvalue weighted by Crippen LogP contribution is 2.49. The van der Waals surface area contributed by atoms with E-state index in [0.29, 0.717) is 46.4 Å². The molecular formula is C26H27FN4O4S. The quantitative estimate of drug-likeness (QED) is 0.424. The van der Waals surface area contributed by atoms with Crippen molar-refractivity contribution < 1.29 is 22.3 Å². The Morgan fingerprint density at radius 3 is 2.67 bits per heavy atom. The van der Waals surface area contributed by atoms with E-state index in [2.05, 4.69) is 11.1 Å². The van der Waals surface area contributed by atoms with Crippen molar-refractivity contribution in [2.45, 2.75) is 52.4 Å². The average Bonchev–Trinajstić information content (AvgIpc) is 3.13. The number of pyridine rings is 1. The SMILES string of the molecule is CC(F)Oc1cccc(-c2nn(C3CC(C)(C#N)C3)c3cc(C(=O)CC4(C)CS(=O)(=O)C4)cnc23)c1. The summed E-state index contributed by atoms with van der Waals surface area (Å²) in [4.78, 5) is 17.7. The van der Waals surface area contributed by atoms with Crippen LogP contribution in [0.15, 0.2) is 36.5 Å². The molecule has 36 heavy (non-hydrogen) atoms. The lowest BCUT2D eigenvalue weighted by Gasteiger charge is -2.40. The highest BCUT2D eigenvalue weighted by Gasteiger charge is 2.46. The number of halogens is 1. The first kappa shape index (κ1) is 24.4. The third-order valence-electron chi connectivity index (χ3n) is 6.99. The minimum Gasteiger partial charge on any atom is -0.461 e. The number of Topliss-reactive ketones (excluding diaryl/α,β-unsaturated/α-hetero) is 1. The number of fused-ring (bicyclic) bond motifs is 1. The van der Waals surface area contributed by atoms with E-state index in [1.165, 1.54) is 13.1 Å². The van der Waals surface area contributed by atoms with Crippen LogP contribution in [0.25, 0.3) is 22.3 Å². The molecule has 1 saturated carbocycles. The van der Waals surface area contributed by atoms with Crippen molar-refractivity contribution in [3.05, 3.63) is 42.1 Å². The third-order valence-corrected chi connectivity index (χ3v) is 9.26. The first-order chi connectivity index (χ1) is 16.9. The predicted molar refractivity (Wildman–Crippen MR) is 132 cm³/mol. The van der Waals surface area contributed by atoms with Gasteiger partial charge in [0.15, 0.2) is 15.6 Å². The molecule has 3 heterocycles. The summed E-state index contributed by atoms with van der Waals surface area (Å²) in [6.45, 7) is 5.03. The molecule has 1 aromatic carbocycles. The zero-order valence-electron chi connectivity index (χ0n) is 20.4. The highest BCUT2D eigenvalue weighted by molar-refractivity contribution is 7.92. The molecule has 1 aliphatic heterocycles. The van der Waals surface area contributed by atoms with Crippen molar-refractivity contribution in [2.75, 3.05) is 11.5 Å². The summed E-state index contributed by atoms with van der Waals surface area (Å²) in [7, 11) is -3.06. The fourth-order valence-electron chi connectivity index (χ4n) is 5.40. The molecule has 0 radical (unpaired) electrons. The van der Waals surface area contributed by atoms with Crippen molar-refractivity contribution in [2.24, 2.45) is 10.8 Å². The van der Waals surface area contributed by atoms with E-state index in [4.69, 9.17) is 9.84 Å². The molecule has 0 N–H and O–H groups in total. The maximum atomic E-state index is 13.4. The molecule has 1 atom stereocenters. The molecule has 188 valence electrons. The van der Waals surface area contributed by atoms with Crippen LogP contribution in [0.5, 0.6) is 5.75 Å². The number of nitriles is 1. The smallest absolute Gasteiger partial charge is 0.235 e. The number of carbonyl (C=O) groups excluding carboxylic acids is 1. The number of hydrogen-bond acceptors (Lipinski definition) is 7. The van der Waals surface area contributed by atoms with Gasteiger partial charge >= 0.3 is 0 Å². The van der Waals surface area contributed by atoms with Crippen molar-refractivity contribution in [3.8, 4) is 23.1 Å². The molecule has 3 aromatic rings. The second kappa shape index (κ2) is 8.37. The summed E-state index contributed by atoms with van der Waals surface area (Å²) in [5.74, 6) is 0.211. The Labute approximate surface area is 209 Å². The Hall–Kier alpha value is -3.32. The van der Waals surface area contributed by atoms with Crippen LogP contribution in [0.4, 0.5) is 4.39 Å². The normalized spacial score (nSPS) is 24.8. The Bertz CT molecular complexity index is 1500. The van der Waals surface area contributed by atoms with Crippen molar-refractivity contribution >= 4 is 26.7 Å². The summed E-state index contributed by atoms with van der Waals surface area (Å²) < 4.78 is 43.8. The van der Waals surface area contributed by atoms with Crippen LogP contribution in [0, 0.1) is 22.2 Å². The molecular weight excluding hydrogens is 483 g/mol. The number of alkyl halides is 1. The largest absolute Gasteiger partial charge is 0.461 e. The molecule has 0 spiro atoms. The maximum absolute atomic E-state index is 13.4. The van der Waals surface area contributed by atoms with E-state index in [1.54, 1.807) is 24.3 Å². The van der Waals surface area contributed by atoms with Crippen LogP contribution in [0.1, 0.15) is 56.4 Å². The lowest BCUT2D eigenvalue weighted by Crippen LogP contribution is -2.47. The minimum atomic E-state index is -3.06. The average molecular weight is 511 g/mol. The van der Waals surface area contributed by atoms with Gasteiger partial charge in [0.2, 0.25) is 6.36 Å². The standard InChI is InChI=1S/C26H27FN4O4S/c1-16(27)35-20-6-4-5-17(7-20)23-24-21(31(30-23)19-9-25(2,10-19)13-28)8-18(12-29-24)22(32)11-26(3)14-36(33,34)15-26/h4-8,12,16,19H,9-11,14-15H2,1-3H3. The van der Waals surface area contributed by atoms with Crippen LogP contribution < -0.4 is 4.74 Å². The second-order valence-electron chi connectivity index (χ2n) is 10.8. The van der Waals surface area contributed by atoms with Gasteiger partial charge in [-0.2, -0.15) is 10.4 Å². The lowest BCUT2D eigenvalue weighted by molar-refractivity contribution is 0.0860. The van der Waals surface area contributed by atoms with E-state index in [-0.39, 0.29) is 29.8 Å². The number of nitrogens with zero attached hydrogens (tertiary/aromatic N) is 4. The zero-order valence-corrected chi connectivity index (χ0v) is 21.2. The first-order valence-electron chi connectivity index (χ1n) is 11.8. The van der Waals surface area contributed by atoms with E-state index in [9.17, 15) is 22.9 Å². The van der Waals surface area contributed by atoms with Gasteiger partial charge in [-0.1, -0.05) is 19.1 Å². The van der Waals surface area contributed by atoms with Gasteiger partial charge in [0.25, 0.3) is 0 Å². The fraction of sp³-hybridized carbons (Fsp3) is 0.462. The van der Waals surface area contributed by atoms with Crippen LogP contribution in [-0.4, -0.2) is 46.8 Å². The Kier molecular flexibility index (Phi) is 5.67. The molecule has 1 saturated heterocycles. The van der Waals surface area contributed by atoms with E-state index in [1.807, 2.05) is 24.6 Å². The van der Waals surface area contributed by atoms with Crippen LogP contribution in [0.3, 0.4) is 0 Å². The van der Waals surface area contributed by atoms with Crippen molar-refractivity contribution in [1.82, 2.24) is 14.8 Å². The second-order valence-corrected chi connectivity index (χ2v) is 12.8. The highest BCUT2D eigenvalue weighted by atomic mass is 32.2. The number of aromatic nitrogens is 3. The molecule has 0 bridgehead atoms. The van der Waals surface area contributed by atoms with Gasteiger partial charge in [-0.25, -0.2) is 12.8 Å². The van der Waals surface area contributed by atoms with E-state index >= 15 is 0 Å². The van der Waals surface area contributed by atoms with Gasteiger partial charge in [0, 0.05) is 36.1 Å². The Morgan fingerprint density at radius 2 is 2.03 bits per heavy atom. The fourth-order valence-corrected chi connectivity index (χ4v) is 7.65. The van der Waals surface area contributed by atoms with E-state index < -0.39 is 27.0 Å². The predicted octanol–water partition coefficient (Wildman–Crippen LogP) is 4.66. The maximum Gasteiger partial charge on any atom is 0.235 e. The number of carbonyl (C=O) groups is 1. The number of sulfone groups is 1. The van der Waals surface area contributed by atoms with Crippen LogP contribution in [-0.2, 0) is 9.84 Å². The van der Waals surface area contributed by atoms with Gasteiger partial charge in [-0.15, -0.1) is 0 Å². The van der Waals surface area contributed by atoms with Gasteiger partial charge in [0.1, 0.15) is 17.0 Å². The number of ether oxygens (including phenoxy) is 1. The molecule has 0 amide bonds. The monoisotopic (exact) mass is 510 g/mol. The van der Waals surface area contributed by atoms with Crippen molar-refractivity contribution in [1.29, 1.82) is 5.26 Å². The summed E-state index contributed by atoms with van der Waals surface area (Å²) in [6, 6.07) is 11.0. The molecule has 8 nitrogen and oxygen atoms in total. The van der Waals surface area contributed by atoms with Crippen molar-refractivity contribution in [3.63, 3.8) is 0 Å². The molecule has 10 heteroatoms. The lowest BCUT2D eigenvalue weighted by atomic mass is 9.68. The minimum absolute atomic E-state index is 0.00815. The molecule has 1 unspecified atom stereocenters. The Balaban J connectivity index is 1.54. The van der Waals surface area contributed by atoms with Gasteiger partial charge in [-0.05, 0) is 38.0 Å². The molecule has 2 aromatic heterocycles. The van der Waals surface area contributed by atoms with Crippen LogP contribution in [0.2, 0.25) is 0 Å². The molecule has 2 fully saturated rings. The number of ketones is 1. The van der Waals surface area contributed by atoms with Gasteiger partial charge < -0.3 is 4.74 Å². The molecule has 2 aliphatic rings. The number of rotatable bonds is 7. The molecule has 5 rings (SSSR count).